The second-order valence-electron chi connectivity index (χ2n) is 7.88. The molecule has 1 saturated heterocycles. The van der Waals surface area contributed by atoms with Crippen molar-refractivity contribution < 1.29 is 4.79 Å². The van der Waals surface area contributed by atoms with Crippen molar-refractivity contribution in [1.29, 1.82) is 0 Å². The van der Waals surface area contributed by atoms with Gasteiger partial charge in [0.05, 0.1) is 18.2 Å². The van der Waals surface area contributed by atoms with Gasteiger partial charge in [-0.15, -0.1) is 0 Å². The summed E-state index contributed by atoms with van der Waals surface area (Å²) in [4.78, 5) is 19.6. The first-order valence-corrected chi connectivity index (χ1v) is 10.1. The fourth-order valence-corrected chi connectivity index (χ4v) is 4.36. The molecule has 2 aromatic heterocycles. The van der Waals surface area contributed by atoms with E-state index < -0.39 is 0 Å². The number of nitrogens with zero attached hydrogens (tertiary/aromatic N) is 5. The van der Waals surface area contributed by atoms with Crippen LogP contribution in [0.1, 0.15) is 55.7 Å². The third-order valence-corrected chi connectivity index (χ3v) is 5.81. The second kappa shape index (κ2) is 7.80. The summed E-state index contributed by atoms with van der Waals surface area (Å²) in [5, 5.41) is 15.0. The molecule has 27 heavy (non-hydrogen) atoms. The second-order valence-corrected chi connectivity index (χ2v) is 7.88. The zero-order chi connectivity index (χ0) is 18.8. The topological polar surface area (TPSA) is 91.7 Å². The van der Waals surface area contributed by atoms with Crippen molar-refractivity contribution >= 4 is 5.91 Å². The van der Waals surface area contributed by atoms with E-state index in [1.807, 2.05) is 17.8 Å². The third-order valence-electron chi connectivity index (χ3n) is 5.81. The smallest absolute Gasteiger partial charge is 0.223 e. The number of likely N-dealkylation sites (tertiary alicyclic amines) is 1. The van der Waals surface area contributed by atoms with Crippen LogP contribution in [-0.4, -0.2) is 54.9 Å². The van der Waals surface area contributed by atoms with E-state index in [9.17, 15) is 4.79 Å². The molecule has 146 valence electrons. The van der Waals surface area contributed by atoms with Crippen molar-refractivity contribution in [3.63, 3.8) is 0 Å². The Bertz CT molecular complexity index is 777. The summed E-state index contributed by atoms with van der Waals surface area (Å²) < 4.78 is 1.95. The van der Waals surface area contributed by atoms with Gasteiger partial charge in [-0.1, -0.05) is 12.8 Å². The molecule has 0 bridgehead atoms. The zero-order valence-corrected chi connectivity index (χ0v) is 16.2. The molecule has 2 N–H and O–H groups in total. The van der Waals surface area contributed by atoms with E-state index in [1.165, 1.54) is 18.4 Å². The number of aryl methyl sites for hydroxylation is 2. The summed E-state index contributed by atoms with van der Waals surface area (Å²) in [7, 11) is 0. The monoisotopic (exact) mass is 371 g/mol. The average molecular weight is 371 g/mol. The minimum atomic E-state index is 0.0505. The highest BCUT2D eigenvalue weighted by molar-refractivity contribution is 5.79. The van der Waals surface area contributed by atoms with Gasteiger partial charge in [-0.25, -0.2) is 4.98 Å². The van der Waals surface area contributed by atoms with E-state index >= 15 is 0 Å². The maximum Gasteiger partial charge on any atom is 0.223 e. The van der Waals surface area contributed by atoms with Crippen LogP contribution in [0.15, 0.2) is 12.4 Å². The van der Waals surface area contributed by atoms with E-state index in [1.54, 1.807) is 0 Å². The number of H-pyrrole nitrogens is 1. The van der Waals surface area contributed by atoms with Crippen molar-refractivity contribution in [1.82, 2.24) is 35.2 Å². The van der Waals surface area contributed by atoms with Gasteiger partial charge in [-0.05, 0) is 26.7 Å². The largest absolute Gasteiger partial charge is 0.351 e. The first-order valence-electron chi connectivity index (χ1n) is 10.1. The lowest BCUT2D eigenvalue weighted by molar-refractivity contribution is -0.125. The van der Waals surface area contributed by atoms with Crippen molar-refractivity contribution in [2.75, 3.05) is 13.1 Å². The van der Waals surface area contributed by atoms with E-state index in [2.05, 4.69) is 43.6 Å². The molecular weight excluding hydrogens is 342 g/mol. The lowest BCUT2D eigenvalue weighted by Gasteiger charge is -2.20. The molecule has 1 aliphatic carbocycles. The fourth-order valence-electron chi connectivity index (χ4n) is 4.36. The van der Waals surface area contributed by atoms with Crippen molar-refractivity contribution in [3.05, 3.63) is 29.6 Å². The van der Waals surface area contributed by atoms with E-state index in [-0.39, 0.29) is 23.8 Å². The Morgan fingerprint density at radius 2 is 2.15 bits per heavy atom. The van der Waals surface area contributed by atoms with Gasteiger partial charge in [0, 0.05) is 43.9 Å². The van der Waals surface area contributed by atoms with Gasteiger partial charge in [-0.2, -0.15) is 10.2 Å². The number of hydrogen-bond acceptors (Lipinski definition) is 5. The maximum atomic E-state index is 12.7. The third kappa shape index (κ3) is 4.05. The summed E-state index contributed by atoms with van der Waals surface area (Å²) >= 11 is 0. The molecule has 8 nitrogen and oxygen atoms in total. The molecule has 2 aromatic rings. The summed E-state index contributed by atoms with van der Waals surface area (Å²) in [5.41, 5.74) is 1.20. The van der Waals surface area contributed by atoms with Gasteiger partial charge in [0.1, 0.15) is 5.82 Å². The molecule has 1 amide bonds. The van der Waals surface area contributed by atoms with Crippen LogP contribution in [-0.2, 0) is 17.9 Å². The highest BCUT2D eigenvalue weighted by Crippen LogP contribution is 2.29. The Kier molecular flexibility index (Phi) is 5.24. The Morgan fingerprint density at radius 1 is 1.33 bits per heavy atom. The number of nitrogens with one attached hydrogen (secondary N) is 2. The standard InChI is InChI=1S/C19H29N7O/c1-3-26-10-14(8-20-26)9-25-11-16(18-21-13(2)23-24-18)17(12-25)22-19(27)15-6-4-5-7-15/h8,10,15-17H,3-7,9,11-12H2,1-2H3,(H,22,27)(H,21,23,24)/t16-,17-/m1/s1. The Labute approximate surface area is 159 Å². The Morgan fingerprint density at radius 3 is 2.81 bits per heavy atom. The van der Waals surface area contributed by atoms with Crippen LogP contribution in [0.3, 0.4) is 0 Å². The number of rotatable bonds is 6. The molecule has 1 saturated carbocycles. The Balaban J connectivity index is 1.46. The normalized spacial score (nSPS) is 23.9. The minimum Gasteiger partial charge on any atom is -0.351 e. The predicted molar refractivity (Wildman–Crippen MR) is 101 cm³/mol. The van der Waals surface area contributed by atoms with Gasteiger partial charge < -0.3 is 5.32 Å². The molecule has 2 aliphatic rings. The zero-order valence-electron chi connectivity index (χ0n) is 16.2. The highest BCUT2D eigenvalue weighted by Gasteiger charge is 2.38. The van der Waals surface area contributed by atoms with Crippen molar-refractivity contribution in [2.24, 2.45) is 5.92 Å². The molecule has 0 unspecified atom stereocenters. The van der Waals surface area contributed by atoms with Crippen LogP contribution in [0, 0.1) is 12.8 Å². The fraction of sp³-hybridized carbons (Fsp3) is 0.684. The van der Waals surface area contributed by atoms with E-state index in [4.69, 9.17) is 0 Å². The first-order chi connectivity index (χ1) is 13.1. The van der Waals surface area contributed by atoms with Crippen LogP contribution >= 0.6 is 0 Å². The van der Waals surface area contributed by atoms with E-state index in [0.29, 0.717) is 0 Å². The lowest BCUT2D eigenvalue weighted by atomic mass is 10.0. The summed E-state index contributed by atoms with van der Waals surface area (Å²) in [6, 6.07) is 0.0505. The molecule has 1 aliphatic heterocycles. The molecular formula is C19H29N7O. The number of hydrogen-bond donors (Lipinski definition) is 2. The summed E-state index contributed by atoms with van der Waals surface area (Å²) in [5.74, 6) is 2.11. The lowest BCUT2D eigenvalue weighted by Crippen LogP contribution is -2.42. The molecule has 4 rings (SSSR count). The average Bonchev–Trinajstić information content (AvgIpc) is 3.42. The molecule has 2 fully saturated rings. The quantitative estimate of drug-likeness (QED) is 0.805. The van der Waals surface area contributed by atoms with Crippen molar-refractivity contribution in [3.8, 4) is 0 Å². The highest BCUT2D eigenvalue weighted by atomic mass is 16.2. The minimum absolute atomic E-state index is 0.0505. The van der Waals surface area contributed by atoms with Crippen LogP contribution in [0.4, 0.5) is 0 Å². The van der Waals surface area contributed by atoms with E-state index in [0.717, 1.165) is 50.7 Å². The number of aromatic amines is 1. The predicted octanol–water partition coefficient (Wildman–Crippen LogP) is 1.60. The molecule has 3 heterocycles. The first kappa shape index (κ1) is 18.2. The van der Waals surface area contributed by atoms with Crippen LogP contribution in [0.25, 0.3) is 0 Å². The van der Waals surface area contributed by atoms with Gasteiger partial charge in [0.2, 0.25) is 5.91 Å². The van der Waals surface area contributed by atoms with Crippen LogP contribution < -0.4 is 5.32 Å². The maximum absolute atomic E-state index is 12.7. The number of carbonyl (C=O) groups excluding carboxylic acids is 1. The number of aromatic nitrogens is 5. The van der Waals surface area contributed by atoms with Crippen LogP contribution in [0.5, 0.6) is 0 Å². The molecule has 0 aromatic carbocycles. The SMILES string of the molecule is CCn1cc(CN2C[C@@H](NC(=O)C3CCCC3)[C@H](c3n[nH]c(C)n3)C2)cn1. The van der Waals surface area contributed by atoms with Crippen molar-refractivity contribution in [2.45, 2.75) is 64.6 Å². The van der Waals surface area contributed by atoms with Gasteiger partial charge in [0.15, 0.2) is 5.82 Å². The number of carbonyl (C=O) groups is 1. The molecule has 2 atom stereocenters. The van der Waals surface area contributed by atoms with Crippen LogP contribution in [0.2, 0.25) is 0 Å². The molecule has 0 spiro atoms. The Hall–Kier alpha value is -2.22. The number of amides is 1. The molecule has 0 radical (unpaired) electrons. The van der Waals surface area contributed by atoms with Gasteiger partial charge in [-0.3, -0.25) is 19.5 Å². The summed E-state index contributed by atoms with van der Waals surface area (Å²) in [6.45, 7) is 7.35. The summed E-state index contributed by atoms with van der Waals surface area (Å²) in [6.07, 6.45) is 8.39. The molecule has 8 heteroatoms. The van der Waals surface area contributed by atoms with Gasteiger partial charge >= 0.3 is 0 Å². The van der Waals surface area contributed by atoms with Gasteiger partial charge in [0.25, 0.3) is 0 Å².